The molecule has 6 heteroatoms. The lowest BCUT2D eigenvalue weighted by molar-refractivity contribution is -0.123. The molecule has 0 spiro atoms. The topological polar surface area (TPSA) is 42.3 Å². The highest BCUT2D eigenvalue weighted by Crippen LogP contribution is 2.34. The lowest BCUT2D eigenvalue weighted by Crippen LogP contribution is -2.27. The van der Waals surface area contributed by atoms with Crippen molar-refractivity contribution < 1.29 is 9.59 Å². The fourth-order valence-corrected chi connectivity index (χ4v) is 4.72. The van der Waals surface area contributed by atoms with Crippen molar-refractivity contribution in [2.75, 3.05) is 0 Å². The molecule has 0 bridgehead atoms. The summed E-state index contributed by atoms with van der Waals surface area (Å²) in [4.78, 5) is 27.2. The Kier molecular flexibility index (Phi) is 6.15. The van der Waals surface area contributed by atoms with Crippen molar-refractivity contribution in [3.8, 4) is 0 Å². The molecule has 2 amide bonds. The van der Waals surface area contributed by atoms with Crippen LogP contribution in [0, 0.1) is 17.4 Å². The van der Waals surface area contributed by atoms with Crippen molar-refractivity contribution in [3.05, 3.63) is 97.2 Å². The molecule has 1 aromatic heterocycles. The van der Waals surface area contributed by atoms with E-state index >= 15 is 0 Å². The first-order valence-corrected chi connectivity index (χ1v) is 11.5. The van der Waals surface area contributed by atoms with Crippen molar-refractivity contribution in [2.24, 2.45) is 0 Å². The Balaban J connectivity index is 1.56. The van der Waals surface area contributed by atoms with Gasteiger partial charge in [-0.1, -0.05) is 42.5 Å². The summed E-state index contributed by atoms with van der Waals surface area (Å²) in [7, 11) is 0. The highest BCUT2D eigenvalue weighted by Gasteiger charge is 2.35. The number of hydrogen-bond acceptors (Lipinski definition) is 3. The molecule has 30 heavy (non-hydrogen) atoms. The van der Waals surface area contributed by atoms with Crippen molar-refractivity contribution in [3.63, 3.8) is 0 Å². The van der Waals surface area contributed by atoms with Crippen LogP contribution < -0.4 is 0 Å². The van der Waals surface area contributed by atoms with Crippen LogP contribution in [0.4, 0.5) is 4.79 Å². The maximum Gasteiger partial charge on any atom is 0.293 e. The zero-order chi connectivity index (χ0) is 21.3. The van der Waals surface area contributed by atoms with Gasteiger partial charge in [0.05, 0.1) is 11.4 Å². The third kappa shape index (κ3) is 4.39. The summed E-state index contributed by atoms with van der Waals surface area (Å²) in [5, 5.41) is -0.220. The molecule has 1 aliphatic heterocycles. The quantitative estimate of drug-likeness (QED) is 0.302. The standard InChI is InChI=1S/C24H21IN2O2S/c1-16-12-20(17(2)26(16)14-18-6-4-3-5-7-18)13-22-23(28)27(24(29)30-22)15-19-8-10-21(25)11-9-19/h3-13H,14-15H2,1-2H3/b22-13-. The van der Waals surface area contributed by atoms with Gasteiger partial charge in [-0.3, -0.25) is 14.5 Å². The number of aryl methyl sites for hydroxylation is 1. The summed E-state index contributed by atoms with van der Waals surface area (Å²) < 4.78 is 3.35. The zero-order valence-electron chi connectivity index (χ0n) is 16.8. The predicted molar refractivity (Wildman–Crippen MR) is 130 cm³/mol. The fraction of sp³-hybridized carbons (Fsp3) is 0.167. The van der Waals surface area contributed by atoms with E-state index in [1.54, 1.807) is 0 Å². The van der Waals surface area contributed by atoms with Crippen molar-refractivity contribution in [2.45, 2.75) is 26.9 Å². The molecule has 152 valence electrons. The Morgan fingerprint density at radius 1 is 0.933 bits per heavy atom. The van der Waals surface area contributed by atoms with Gasteiger partial charge in [-0.2, -0.15) is 0 Å². The molecule has 0 aliphatic carbocycles. The summed E-state index contributed by atoms with van der Waals surface area (Å²) >= 11 is 3.25. The van der Waals surface area contributed by atoms with Crippen LogP contribution in [-0.2, 0) is 17.9 Å². The number of carbonyl (C=O) groups excluding carboxylic acids is 2. The number of halogens is 1. The summed E-state index contributed by atoms with van der Waals surface area (Å²) in [6, 6.07) is 20.2. The van der Waals surface area contributed by atoms with Crippen LogP contribution in [0.15, 0.2) is 65.6 Å². The number of amides is 2. The molecule has 4 rings (SSSR count). The first-order chi connectivity index (χ1) is 14.4. The number of thioether (sulfide) groups is 1. The van der Waals surface area contributed by atoms with E-state index in [1.165, 1.54) is 10.5 Å². The highest BCUT2D eigenvalue weighted by molar-refractivity contribution is 14.1. The molecule has 2 heterocycles. The first kappa shape index (κ1) is 20.9. The Labute approximate surface area is 194 Å². The molecule has 0 radical (unpaired) electrons. The normalized spacial score (nSPS) is 15.4. The number of aromatic nitrogens is 1. The Morgan fingerprint density at radius 3 is 2.30 bits per heavy atom. The summed E-state index contributed by atoms with van der Waals surface area (Å²) in [6.45, 7) is 5.19. The molecule has 0 unspecified atom stereocenters. The zero-order valence-corrected chi connectivity index (χ0v) is 19.7. The first-order valence-electron chi connectivity index (χ1n) is 9.63. The van der Waals surface area contributed by atoms with Gasteiger partial charge in [-0.25, -0.2) is 0 Å². The second kappa shape index (κ2) is 8.81. The van der Waals surface area contributed by atoms with E-state index in [4.69, 9.17) is 0 Å². The van der Waals surface area contributed by atoms with E-state index in [1.807, 2.05) is 48.5 Å². The molecule has 1 fully saturated rings. The van der Waals surface area contributed by atoms with Gasteiger partial charge in [0.2, 0.25) is 0 Å². The molecule has 0 atom stereocenters. The number of hydrogen-bond donors (Lipinski definition) is 0. The van der Waals surface area contributed by atoms with Gasteiger partial charge in [0.25, 0.3) is 11.1 Å². The molecule has 0 N–H and O–H groups in total. The minimum atomic E-state index is -0.226. The number of carbonyl (C=O) groups is 2. The van der Waals surface area contributed by atoms with E-state index in [9.17, 15) is 9.59 Å². The molecular weight excluding hydrogens is 507 g/mol. The van der Waals surface area contributed by atoms with E-state index in [0.29, 0.717) is 11.4 Å². The minimum absolute atomic E-state index is 0.220. The summed E-state index contributed by atoms with van der Waals surface area (Å²) in [5.41, 5.74) is 5.36. The summed E-state index contributed by atoms with van der Waals surface area (Å²) in [6.07, 6.45) is 1.85. The van der Waals surface area contributed by atoms with Gasteiger partial charge in [0.1, 0.15) is 0 Å². The lowest BCUT2D eigenvalue weighted by atomic mass is 10.2. The highest BCUT2D eigenvalue weighted by atomic mass is 127. The van der Waals surface area contributed by atoms with Crippen LogP contribution in [0.3, 0.4) is 0 Å². The van der Waals surface area contributed by atoms with Crippen LogP contribution in [0.25, 0.3) is 6.08 Å². The third-order valence-corrected chi connectivity index (χ3v) is 6.84. The number of nitrogens with zero attached hydrogens (tertiary/aromatic N) is 2. The van der Waals surface area contributed by atoms with Gasteiger partial charge in [0.15, 0.2) is 0 Å². The molecular formula is C24H21IN2O2S. The van der Waals surface area contributed by atoms with Gasteiger partial charge < -0.3 is 4.57 Å². The molecule has 0 saturated carbocycles. The van der Waals surface area contributed by atoms with Gasteiger partial charge >= 0.3 is 0 Å². The predicted octanol–water partition coefficient (Wildman–Crippen LogP) is 5.99. The van der Waals surface area contributed by atoms with E-state index in [-0.39, 0.29) is 11.1 Å². The average molecular weight is 528 g/mol. The van der Waals surface area contributed by atoms with E-state index < -0.39 is 0 Å². The Morgan fingerprint density at radius 2 is 1.60 bits per heavy atom. The molecule has 4 nitrogen and oxygen atoms in total. The lowest BCUT2D eigenvalue weighted by Gasteiger charge is -2.12. The monoisotopic (exact) mass is 528 g/mol. The number of benzene rings is 2. The average Bonchev–Trinajstić information content (AvgIpc) is 3.15. The molecule has 2 aromatic carbocycles. The number of imide groups is 1. The maximum absolute atomic E-state index is 12.9. The van der Waals surface area contributed by atoms with Crippen LogP contribution in [0.1, 0.15) is 28.1 Å². The minimum Gasteiger partial charge on any atom is -0.344 e. The summed E-state index contributed by atoms with van der Waals surface area (Å²) in [5.74, 6) is -0.226. The molecule has 1 saturated heterocycles. The SMILES string of the molecule is Cc1cc(/C=C2\SC(=O)N(Cc3ccc(I)cc3)C2=O)c(C)n1Cc1ccccc1. The van der Waals surface area contributed by atoms with Gasteiger partial charge in [-0.05, 0) is 89.2 Å². The van der Waals surface area contributed by atoms with Crippen molar-refractivity contribution >= 4 is 51.6 Å². The van der Waals surface area contributed by atoms with Crippen molar-refractivity contribution in [1.82, 2.24) is 9.47 Å². The van der Waals surface area contributed by atoms with Crippen molar-refractivity contribution in [1.29, 1.82) is 0 Å². The van der Waals surface area contributed by atoms with Crippen LogP contribution >= 0.6 is 34.4 Å². The smallest absolute Gasteiger partial charge is 0.293 e. The third-order valence-electron chi connectivity index (χ3n) is 5.21. The molecule has 1 aliphatic rings. The van der Waals surface area contributed by atoms with E-state index in [2.05, 4.69) is 59.2 Å². The maximum atomic E-state index is 12.9. The Bertz CT molecular complexity index is 1130. The fourth-order valence-electron chi connectivity index (χ4n) is 3.53. The van der Waals surface area contributed by atoms with Gasteiger partial charge in [-0.15, -0.1) is 0 Å². The van der Waals surface area contributed by atoms with Crippen LogP contribution in [0.2, 0.25) is 0 Å². The van der Waals surface area contributed by atoms with Crippen LogP contribution in [0.5, 0.6) is 0 Å². The van der Waals surface area contributed by atoms with Gasteiger partial charge in [0, 0.05) is 21.5 Å². The van der Waals surface area contributed by atoms with E-state index in [0.717, 1.165) is 44.4 Å². The largest absolute Gasteiger partial charge is 0.344 e. The Hall–Kier alpha value is -2.32. The second-order valence-electron chi connectivity index (χ2n) is 7.29. The number of rotatable bonds is 5. The second-order valence-corrected chi connectivity index (χ2v) is 9.53. The van der Waals surface area contributed by atoms with Crippen LogP contribution in [-0.4, -0.2) is 20.6 Å². The molecule has 3 aromatic rings.